The van der Waals surface area contributed by atoms with Crippen LogP contribution in [0.3, 0.4) is 0 Å². The Morgan fingerprint density at radius 1 is 1.25 bits per heavy atom. The first-order valence-corrected chi connectivity index (χ1v) is 9.04. The number of benzene rings is 2. The van der Waals surface area contributed by atoms with Crippen LogP contribution in [0.15, 0.2) is 48.5 Å². The van der Waals surface area contributed by atoms with Gasteiger partial charge >= 0.3 is 12.0 Å². The molecule has 0 aliphatic rings. The highest BCUT2D eigenvalue weighted by Crippen LogP contribution is 2.25. The summed E-state index contributed by atoms with van der Waals surface area (Å²) in [5.74, 6) is 2.34. The van der Waals surface area contributed by atoms with Crippen LogP contribution in [0.2, 0.25) is 0 Å². The maximum Gasteiger partial charge on any atom is 0.336 e. The minimum Gasteiger partial charge on any atom is -0.478 e. The third-order valence-corrected chi connectivity index (χ3v) is 4.23. The van der Waals surface area contributed by atoms with Gasteiger partial charge in [-0.05, 0) is 29.7 Å². The van der Waals surface area contributed by atoms with Crippen molar-refractivity contribution in [3.8, 4) is 29.5 Å². The molecule has 0 fully saturated rings. The fourth-order valence-corrected chi connectivity index (χ4v) is 2.95. The zero-order valence-corrected chi connectivity index (χ0v) is 15.6. The standard InChI is InChI=1S/C22H21N3O3/c1-3-5-11-20-23-22(28-4-2)24-25(20)15-16-12-13-18(19(14-16)21(26)27)17-9-7-6-8-10-17/h1,6-10,12-14H,4-5,11,15H2,2H3,(H,26,27). The molecular formula is C22H21N3O3. The molecule has 0 aliphatic heterocycles. The quantitative estimate of drug-likeness (QED) is 0.608. The fourth-order valence-electron chi connectivity index (χ4n) is 2.95. The lowest BCUT2D eigenvalue weighted by Gasteiger charge is -2.10. The summed E-state index contributed by atoms with van der Waals surface area (Å²) in [6, 6.07) is 15.2. The van der Waals surface area contributed by atoms with Crippen molar-refractivity contribution in [2.75, 3.05) is 6.61 Å². The van der Waals surface area contributed by atoms with Crippen molar-refractivity contribution in [2.45, 2.75) is 26.3 Å². The van der Waals surface area contributed by atoms with E-state index in [4.69, 9.17) is 11.2 Å². The number of terminal acetylenes is 1. The van der Waals surface area contributed by atoms with Gasteiger partial charge in [0.05, 0.1) is 18.7 Å². The highest BCUT2D eigenvalue weighted by atomic mass is 16.5. The van der Waals surface area contributed by atoms with E-state index in [1.807, 2.05) is 49.4 Å². The number of rotatable bonds is 8. The number of aryl methyl sites for hydroxylation is 1. The van der Waals surface area contributed by atoms with Gasteiger partial charge in [-0.3, -0.25) is 0 Å². The second kappa shape index (κ2) is 8.87. The van der Waals surface area contributed by atoms with Crippen LogP contribution in [0.5, 0.6) is 6.01 Å². The Hall–Kier alpha value is -3.59. The van der Waals surface area contributed by atoms with Crippen molar-refractivity contribution in [2.24, 2.45) is 0 Å². The molecule has 6 nitrogen and oxygen atoms in total. The zero-order valence-electron chi connectivity index (χ0n) is 15.6. The van der Waals surface area contributed by atoms with Crippen LogP contribution in [0.1, 0.15) is 35.1 Å². The molecule has 0 unspecified atom stereocenters. The van der Waals surface area contributed by atoms with E-state index in [0.29, 0.717) is 43.4 Å². The summed E-state index contributed by atoms with van der Waals surface area (Å²) in [6.07, 6.45) is 6.48. The van der Waals surface area contributed by atoms with Gasteiger partial charge in [0.2, 0.25) is 0 Å². The predicted octanol–water partition coefficient (Wildman–Crippen LogP) is 3.66. The van der Waals surface area contributed by atoms with E-state index in [-0.39, 0.29) is 5.56 Å². The lowest BCUT2D eigenvalue weighted by Crippen LogP contribution is -2.09. The molecule has 0 aliphatic carbocycles. The molecule has 0 radical (unpaired) electrons. The number of carboxylic acids is 1. The van der Waals surface area contributed by atoms with E-state index in [2.05, 4.69) is 16.0 Å². The Kier molecular flexibility index (Phi) is 6.07. The molecule has 28 heavy (non-hydrogen) atoms. The van der Waals surface area contributed by atoms with Gasteiger partial charge in [0.1, 0.15) is 5.82 Å². The third kappa shape index (κ3) is 4.38. The van der Waals surface area contributed by atoms with E-state index < -0.39 is 5.97 Å². The van der Waals surface area contributed by atoms with E-state index in [1.54, 1.807) is 10.7 Å². The largest absolute Gasteiger partial charge is 0.478 e. The lowest BCUT2D eigenvalue weighted by molar-refractivity contribution is 0.0697. The van der Waals surface area contributed by atoms with Gasteiger partial charge < -0.3 is 9.84 Å². The van der Waals surface area contributed by atoms with Crippen LogP contribution >= 0.6 is 0 Å². The highest BCUT2D eigenvalue weighted by Gasteiger charge is 2.15. The number of carboxylic acid groups (broad SMARTS) is 1. The van der Waals surface area contributed by atoms with Gasteiger partial charge in [0, 0.05) is 12.8 Å². The van der Waals surface area contributed by atoms with Crippen molar-refractivity contribution in [3.05, 3.63) is 65.5 Å². The fraction of sp³-hybridized carbons (Fsp3) is 0.227. The van der Waals surface area contributed by atoms with Crippen LogP contribution in [0.25, 0.3) is 11.1 Å². The number of aromatic carboxylic acids is 1. The van der Waals surface area contributed by atoms with Gasteiger partial charge in [0.15, 0.2) is 0 Å². The summed E-state index contributed by atoms with van der Waals surface area (Å²) in [5, 5.41) is 14.1. The van der Waals surface area contributed by atoms with E-state index in [1.165, 1.54) is 0 Å². The summed E-state index contributed by atoms with van der Waals surface area (Å²) in [4.78, 5) is 16.2. The van der Waals surface area contributed by atoms with Crippen LogP contribution < -0.4 is 4.74 Å². The number of ether oxygens (including phenoxy) is 1. The minimum atomic E-state index is -0.971. The minimum absolute atomic E-state index is 0.249. The van der Waals surface area contributed by atoms with E-state index in [9.17, 15) is 9.90 Å². The molecule has 2 aromatic carbocycles. The molecule has 0 saturated carbocycles. The first-order chi connectivity index (χ1) is 13.6. The van der Waals surface area contributed by atoms with Gasteiger partial charge in [-0.15, -0.1) is 17.4 Å². The molecule has 3 rings (SSSR count). The van der Waals surface area contributed by atoms with Crippen LogP contribution in [0, 0.1) is 12.3 Å². The molecule has 1 aromatic heterocycles. The second-order valence-corrected chi connectivity index (χ2v) is 6.16. The average Bonchev–Trinajstić information content (AvgIpc) is 3.08. The molecule has 0 spiro atoms. The number of hydrogen-bond acceptors (Lipinski definition) is 4. The maximum atomic E-state index is 11.8. The SMILES string of the molecule is C#CCCc1nc(OCC)nn1Cc1ccc(-c2ccccc2)c(C(=O)O)c1. The summed E-state index contributed by atoms with van der Waals surface area (Å²) in [5.41, 5.74) is 2.60. The smallest absolute Gasteiger partial charge is 0.336 e. The Balaban J connectivity index is 1.94. The molecular weight excluding hydrogens is 354 g/mol. The summed E-state index contributed by atoms with van der Waals surface area (Å²) >= 11 is 0. The van der Waals surface area contributed by atoms with Crippen LogP contribution in [-0.2, 0) is 13.0 Å². The van der Waals surface area contributed by atoms with E-state index >= 15 is 0 Å². The van der Waals surface area contributed by atoms with Gasteiger partial charge in [0.25, 0.3) is 0 Å². The number of hydrogen-bond donors (Lipinski definition) is 1. The van der Waals surface area contributed by atoms with Crippen molar-refractivity contribution >= 4 is 5.97 Å². The van der Waals surface area contributed by atoms with Gasteiger partial charge in [-0.1, -0.05) is 42.5 Å². The second-order valence-electron chi connectivity index (χ2n) is 6.16. The van der Waals surface area contributed by atoms with Gasteiger partial charge in [-0.25, -0.2) is 9.48 Å². The summed E-state index contributed by atoms with van der Waals surface area (Å²) in [6.45, 7) is 2.71. The molecule has 1 heterocycles. The first kappa shape index (κ1) is 19.2. The Morgan fingerprint density at radius 3 is 2.71 bits per heavy atom. The third-order valence-electron chi connectivity index (χ3n) is 4.23. The Morgan fingerprint density at radius 2 is 2.04 bits per heavy atom. The molecule has 0 amide bonds. The molecule has 1 N–H and O–H groups in total. The maximum absolute atomic E-state index is 11.8. The summed E-state index contributed by atoms with van der Waals surface area (Å²) < 4.78 is 7.11. The molecule has 0 atom stereocenters. The summed E-state index contributed by atoms with van der Waals surface area (Å²) in [7, 11) is 0. The topological polar surface area (TPSA) is 77.2 Å². The number of aromatic nitrogens is 3. The van der Waals surface area contributed by atoms with E-state index in [0.717, 1.165) is 11.1 Å². The predicted molar refractivity (Wildman–Crippen MR) is 106 cm³/mol. The van der Waals surface area contributed by atoms with Gasteiger partial charge in [-0.2, -0.15) is 4.98 Å². The zero-order chi connectivity index (χ0) is 19.9. The molecule has 0 bridgehead atoms. The van der Waals surface area contributed by atoms with Crippen LogP contribution in [-0.4, -0.2) is 32.4 Å². The van der Waals surface area contributed by atoms with Crippen LogP contribution in [0.4, 0.5) is 0 Å². The Labute approximate surface area is 163 Å². The molecule has 142 valence electrons. The first-order valence-electron chi connectivity index (χ1n) is 9.04. The average molecular weight is 375 g/mol. The molecule has 0 saturated heterocycles. The van der Waals surface area contributed by atoms with Crippen molar-refractivity contribution in [3.63, 3.8) is 0 Å². The van der Waals surface area contributed by atoms with Crippen molar-refractivity contribution in [1.82, 2.24) is 14.8 Å². The lowest BCUT2D eigenvalue weighted by atomic mass is 9.97. The monoisotopic (exact) mass is 375 g/mol. The number of nitrogens with zero attached hydrogens (tertiary/aromatic N) is 3. The number of carbonyl (C=O) groups is 1. The van der Waals surface area contributed by atoms with Crippen molar-refractivity contribution in [1.29, 1.82) is 0 Å². The molecule has 6 heteroatoms. The van der Waals surface area contributed by atoms with Crippen molar-refractivity contribution < 1.29 is 14.6 Å². The Bertz CT molecular complexity index is 1000. The molecule has 3 aromatic rings. The normalized spacial score (nSPS) is 10.4. The highest BCUT2D eigenvalue weighted by molar-refractivity contribution is 5.96.